The van der Waals surface area contributed by atoms with Crippen molar-refractivity contribution < 1.29 is 58.2 Å². The summed E-state index contributed by atoms with van der Waals surface area (Å²) in [4.78, 5) is 50.8. The van der Waals surface area contributed by atoms with E-state index in [1.807, 2.05) is 12.2 Å². The summed E-state index contributed by atoms with van der Waals surface area (Å²) >= 11 is 0. The van der Waals surface area contributed by atoms with Gasteiger partial charge in [-0.25, -0.2) is 4.79 Å². The lowest BCUT2D eigenvalue weighted by Crippen LogP contribution is -2.61. The Bertz CT molecular complexity index is 1390. The topological polar surface area (TPSA) is 175 Å². The Labute approximate surface area is 418 Å². The quantitative estimate of drug-likeness (QED) is 0.0228. The molecule has 1 aliphatic rings. The highest BCUT2D eigenvalue weighted by atomic mass is 16.7. The lowest BCUT2D eigenvalue weighted by atomic mass is 9.98. The molecule has 0 radical (unpaired) electrons. The summed E-state index contributed by atoms with van der Waals surface area (Å²) in [5, 5.41) is 31.4. The van der Waals surface area contributed by atoms with Gasteiger partial charge in [0.15, 0.2) is 24.6 Å². The van der Waals surface area contributed by atoms with Crippen LogP contribution < -0.4 is 0 Å². The molecule has 1 saturated heterocycles. The fourth-order valence-electron chi connectivity index (χ4n) is 8.21. The van der Waals surface area contributed by atoms with E-state index in [4.69, 9.17) is 23.7 Å². The minimum Gasteiger partial charge on any atom is -0.479 e. The normalized spacial score (nSPS) is 19.0. The Morgan fingerprint density at radius 2 is 0.913 bits per heavy atom. The van der Waals surface area contributed by atoms with Crippen LogP contribution in [-0.4, -0.2) is 89.2 Å². The first-order valence-electron chi connectivity index (χ1n) is 27.6. The van der Waals surface area contributed by atoms with Gasteiger partial charge in [-0.05, 0) is 44.9 Å². The van der Waals surface area contributed by atoms with Crippen molar-refractivity contribution in [2.75, 3.05) is 13.2 Å². The van der Waals surface area contributed by atoms with Crippen LogP contribution in [0.15, 0.2) is 48.6 Å². The van der Waals surface area contributed by atoms with Gasteiger partial charge in [-0.1, -0.05) is 223 Å². The lowest BCUT2D eigenvalue weighted by molar-refractivity contribution is -0.301. The summed E-state index contributed by atoms with van der Waals surface area (Å²) in [5.74, 6) is -3.21. The average Bonchev–Trinajstić information content (AvgIpc) is 3.33. The molecular weight excluding hydrogens is 877 g/mol. The van der Waals surface area contributed by atoms with E-state index in [-0.39, 0.29) is 25.9 Å². The van der Waals surface area contributed by atoms with Gasteiger partial charge in [-0.2, -0.15) is 0 Å². The van der Waals surface area contributed by atoms with Crippen molar-refractivity contribution in [2.45, 2.75) is 276 Å². The van der Waals surface area contributed by atoms with Crippen LogP contribution in [0.5, 0.6) is 0 Å². The number of hydrogen-bond acceptors (Lipinski definition) is 11. The van der Waals surface area contributed by atoms with Crippen LogP contribution in [0.2, 0.25) is 0 Å². The number of rotatable bonds is 46. The molecule has 0 aromatic carbocycles. The van der Waals surface area contributed by atoms with E-state index in [0.29, 0.717) is 19.3 Å². The van der Waals surface area contributed by atoms with Gasteiger partial charge >= 0.3 is 23.9 Å². The Morgan fingerprint density at radius 1 is 0.493 bits per heavy atom. The molecule has 12 heteroatoms. The molecule has 0 amide bonds. The molecule has 1 fully saturated rings. The third-order valence-electron chi connectivity index (χ3n) is 12.4. The van der Waals surface area contributed by atoms with E-state index >= 15 is 0 Å². The van der Waals surface area contributed by atoms with Crippen LogP contribution >= 0.6 is 0 Å². The lowest BCUT2D eigenvalue weighted by Gasteiger charge is -2.40. The van der Waals surface area contributed by atoms with Crippen LogP contribution in [0.4, 0.5) is 0 Å². The zero-order valence-corrected chi connectivity index (χ0v) is 43.6. The molecule has 0 aromatic rings. The van der Waals surface area contributed by atoms with E-state index in [1.54, 1.807) is 0 Å². The number of aliphatic carboxylic acids is 1. The minimum absolute atomic E-state index is 0.0583. The molecule has 0 saturated carbocycles. The van der Waals surface area contributed by atoms with Crippen molar-refractivity contribution in [3.63, 3.8) is 0 Å². The van der Waals surface area contributed by atoms with E-state index in [2.05, 4.69) is 57.2 Å². The predicted octanol–water partition coefficient (Wildman–Crippen LogP) is 13.4. The Balaban J connectivity index is 2.73. The maximum Gasteiger partial charge on any atom is 0.335 e. The smallest absolute Gasteiger partial charge is 0.335 e. The van der Waals surface area contributed by atoms with E-state index in [1.165, 1.54) is 109 Å². The molecule has 0 spiro atoms. The van der Waals surface area contributed by atoms with Crippen molar-refractivity contribution in [3.05, 3.63) is 48.6 Å². The average molecular weight is 975 g/mol. The molecule has 3 N–H and O–H groups in total. The van der Waals surface area contributed by atoms with Gasteiger partial charge in [0, 0.05) is 19.3 Å². The molecule has 0 aromatic heterocycles. The molecule has 12 nitrogen and oxygen atoms in total. The predicted molar refractivity (Wildman–Crippen MR) is 276 cm³/mol. The summed E-state index contributed by atoms with van der Waals surface area (Å²) in [7, 11) is 0. The Hall–Kier alpha value is -3.32. The number of esters is 3. The number of hydrogen-bond donors (Lipinski definition) is 3. The summed E-state index contributed by atoms with van der Waals surface area (Å²) in [6.45, 7) is 5.80. The van der Waals surface area contributed by atoms with Crippen LogP contribution in [0.1, 0.15) is 239 Å². The number of ether oxygens (including phenoxy) is 5. The van der Waals surface area contributed by atoms with Crippen LogP contribution in [0.3, 0.4) is 0 Å². The molecule has 1 heterocycles. The Kier molecular flexibility index (Phi) is 42.3. The highest BCUT2D eigenvalue weighted by Gasteiger charge is 2.50. The van der Waals surface area contributed by atoms with Gasteiger partial charge in [0.1, 0.15) is 18.8 Å². The molecular formula is C57H98O12. The molecule has 69 heavy (non-hydrogen) atoms. The van der Waals surface area contributed by atoms with E-state index in [0.717, 1.165) is 70.6 Å². The number of carboxylic acids is 1. The van der Waals surface area contributed by atoms with Crippen molar-refractivity contribution in [2.24, 2.45) is 0 Å². The Morgan fingerprint density at radius 3 is 1.36 bits per heavy atom. The third-order valence-corrected chi connectivity index (χ3v) is 12.4. The number of carbonyl (C=O) groups is 4. The first-order chi connectivity index (χ1) is 33.6. The van der Waals surface area contributed by atoms with E-state index in [9.17, 15) is 34.5 Å². The highest BCUT2D eigenvalue weighted by Crippen LogP contribution is 2.26. The van der Waals surface area contributed by atoms with Crippen LogP contribution in [0, 0.1) is 0 Å². The third kappa shape index (κ3) is 36.3. The van der Waals surface area contributed by atoms with Gasteiger partial charge in [-0.15, -0.1) is 0 Å². The molecule has 0 aliphatic carbocycles. The summed E-state index contributed by atoms with van der Waals surface area (Å²) in [6, 6.07) is 0. The molecule has 6 atom stereocenters. The van der Waals surface area contributed by atoms with Crippen molar-refractivity contribution in [1.29, 1.82) is 0 Å². The zero-order valence-electron chi connectivity index (χ0n) is 43.6. The van der Waals surface area contributed by atoms with Gasteiger partial charge < -0.3 is 39.0 Å². The molecule has 1 rings (SSSR count). The van der Waals surface area contributed by atoms with Crippen molar-refractivity contribution in [3.8, 4) is 0 Å². The number of aliphatic hydroxyl groups is 2. The number of unbranched alkanes of at least 4 members (excludes halogenated alkanes) is 24. The SMILES string of the molecule is CC/C=C\C/C=C\C/C=C\C/C=C\CCC(=O)OCC(COC1OC(C(=O)O)C(O)C(O)C1OC(=O)CCCCCCCCCCCCCCCCC)OC(=O)CCCCCCCCCCCCC. The van der Waals surface area contributed by atoms with Crippen LogP contribution in [-0.2, 0) is 42.9 Å². The molecule has 0 bridgehead atoms. The second-order valence-corrected chi connectivity index (χ2v) is 18.9. The van der Waals surface area contributed by atoms with Gasteiger partial charge in [-0.3, -0.25) is 14.4 Å². The monoisotopic (exact) mass is 975 g/mol. The second kappa shape index (κ2) is 45.8. The minimum atomic E-state index is -1.91. The number of carbonyl (C=O) groups excluding carboxylic acids is 3. The number of allylic oxidation sites excluding steroid dienone is 8. The fraction of sp³-hybridized carbons (Fsp3) is 0.789. The van der Waals surface area contributed by atoms with Gasteiger partial charge in [0.2, 0.25) is 0 Å². The number of carboxylic acid groups (broad SMARTS) is 1. The first kappa shape index (κ1) is 63.7. The molecule has 1 aliphatic heterocycles. The molecule has 398 valence electrons. The highest BCUT2D eigenvalue weighted by molar-refractivity contribution is 5.74. The summed E-state index contributed by atoms with van der Waals surface area (Å²) in [6.07, 6.45) is 41.1. The fourth-order valence-corrected chi connectivity index (χ4v) is 8.21. The maximum atomic E-state index is 13.1. The molecule has 6 unspecified atom stereocenters. The first-order valence-corrected chi connectivity index (χ1v) is 27.6. The van der Waals surface area contributed by atoms with Gasteiger partial charge in [0.25, 0.3) is 0 Å². The van der Waals surface area contributed by atoms with Gasteiger partial charge in [0.05, 0.1) is 6.61 Å². The zero-order chi connectivity index (χ0) is 50.4. The summed E-state index contributed by atoms with van der Waals surface area (Å²) < 4.78 is 28.2. The maximum absolute atomic E-state index is 13.1. The largest absolute Gasteiger partial charge is 0.479 e. The van der Waals surface area contributed by atoms with Crippen LogP contribution in [0.25, 0.3) is 0 Å². The number of aliphatic hydroxyl groups excluding tert-OH is 2. The van der Waals surface area contributed by atoms with E-state index < -0.39 is 67.3 Å². The van der Waals surface area contributed by atoms with Crippen molar-refractivity contribution >= 4 is 23.9 Å². The standard InChI is InChI=1S/C57H98O12/c1-4-7-10-13-16-19-22-24-25-27-30-33-36-39-42-45-51(60)68-55-53(62)52(61)54(56(63)64)69-57(55)66-47-48(67-50(59)44-41-38-35-32-28-21-18-15-12-9-6-3)46-65-49(58)43-40-37-34-31-29-26-23-20-17-14-11-8-5-2/h8,11,17,20,26,29,34,37,48,52-55,57,61-62H,4-7,9-10,12-16,18-19,21-25,27-28,30-33,35-36,38-47H2,1-3H3,(H,63,64)/b11-8-,20-17-,29-26-,37-34-. The second-order valence-electron chi connectivity index (χ2n) is 18.9. The summed E-state index contributed by atoms with van der Waals surface area (Å²) in [5.41, 5.74) is 0. The van der Waals surface area contributed by atoms with Crippen molar-refractivity contribution in [1.82, 2.24) is 0 Å².